The van der Waals surface area contributed by atoms with Crippen molar-refractivity contribution in [2.24, 2.45) is 0 Å². The Balaban J connectivity index is 2.42. The molecule has 1 aliphatic heterocycles. The van der Waals surface area contributed by atoms with Gasteiger partial charge in [-0.15, -0.1) is 0 Å². The molecular weight excluding hydrogens is 226 g/mol. The highest BCUT2D eigenvalue weighted by atomic mass is 35.5. The van der Waals surface area contributed by atoms with Gasteiger partial charge in [0.1, 0.15) is 0 Å². The number of benzene rings is 1. The van der Waals surface area contributed by atoms with Gasteiger partial charge < -0.3 is 10.0 Å². The second-order valence-electron chi connectivity index (χ2n) is 3.97. The van der Waals surface area contributed by atoms with Gasteiger partial charge in [0.15, 0.2) is 6.29 Å². The SMILES string of the molecule is O=Cc1cccc(Cl)c1N1CCCC1CO. The molecule has 3 nitrogen and oxygen atoms in total. The minimum atomic E-state index is 0.0820. The predicted octanol–water partition coefficient (Wildman–Crippen LogP) is 2.11. The van der Waals surface area contributed by atoms with Crippen molar-refractivity contribution in [3.63, 3.8) is 0 Å². The lowest BCUT2D eigenvalue weighted by Crippen LogP contribution is -2.33. The molecule has 0 aliphatic carbocycles. The largest absolute Gasteiger partial charge is 0.394 e. The number of aldehydes is 1. The van der Waals surface area contributed by atoms with Crippen LogP contribution < -0.4 is 4.90 Å². The van der Waals surface area contributed by atoms with E-state index in [9.17, 15) is 9.90 Å². The van der Waals surface area contributed by atoms with Gasteiger partial charge in [-0.1, -0.05) is 17.7 Å². The number of carbonyl (C=O) groups is 1. The van der Waals surface area contributed by atoms with Gasteiger partial charge in [0.25, 0.3) is 0 Å². The normalized spacial score (nSPS) is 20.1. The number of hydrogen-bond acceptors (Lipinski definition) is 3. The monoisotopic (exact) mass is 239 g/mol. The van der Waals surface area contributed by atoms with Crippen molar-refractivity contribution < 1.29 is 9.90 Å². The average Bonchev–Trinajstić information content (AvgIpc) is 2.76. The van der Waals surface area contributed by atoms with Gasteiger partial charge in [-0.3, -0.25) is 4.79 Å². The van der Waals surface area contributed by atoms with E-state index in [1.54, 1.807) is 18.2 Å². The summed E-state index contributed by atoms with van der Waals surface area (Å²) in [5.74, 6) is 0. The van der Waals surface area contributed by atoms with Gasteiger partial charge in [-0.2, -0.15) is 0 Å². The first kappa shape index (κ1) is 11.4. The molecule has 1 aliphatic rings. The van der Waals surface area contributed by atoms with E-state index in [1.165, 1.54) is 0 Å². The van der Waals surface area contributed by atoms with Crippen LogP contribution in [-0.4, -0.2) is 30.6 Å². The van der Waals surface area contributed by atoms with Crippen molar-refractivity contribution in [2.45, 2.75) is 18.9 Å². The molecule has 0 radical (unpaired) electrons. The van der Waals surface area contributed by atoms with E-state index in [-0.39, 0.29) is 12.6 Å². The first-order valence-corrected chi connectivity index (χ1v) is 5.77. The molecule has 0 aromatic heterocycles. The maximum atomic E-state index is 11.0. The Kier molecular flexibility index (Phi) is 3.46. The summed E-state index contributed by atoms with van der Waals surface area (Å²) in [6.45, 7) is 0.944. The summed E-state index contributed by atoms with van der Waals surface area (Å²) >= 11 is 6.13. The smallest absolute Gasteiger partial charge is 0.152 e. The fourth-order valence-electron chi connectivity index (χ4n) is 2.25. The number of nitrogens with zero attached hydrogens (tertiary/aromatic N) is 1. The highest BCUT2D eigenvalue weighted by Crippen LogP contribution is 2.34. The Morgan fingerprint density at radius 1 is 1.56 bits per heavy atom. The van der Waals surface area contributed by atoms with Crippen LogP contribution in [0.15, 0.2) is 18.2 Å². The summed E-state index contributed by atoms with van der Waals surface area (Å²) in [5, 5.41) is 9.85. The van der Waals surface area contributed by atoms with E-state index in [4.69, 9.17) is 11.6 Å². The van der Waals surface area contributed by atoms with Gasteiger partial charge in [0.2, 0.25) is 0 Å². The molecule has 1 heterocycles. The Labute approximate surface area is 99.6 Å². The molecule has 0 spiro atoms. The van der Waals surface area contributed by atoms with Gasteiger partial charge >= 0.3 is 0 Å². The summed E-state index contributed by atoms with van der Waals surface area (Å²) in [5.41, 5.74) is 1.35. The van der Waals surface area contributed by atoms with Crippen molar-refractivity contribution in [1.82, 2.24) is 0 Å². The summed E-state index contributed by atoms with van der Waals surface area (Å²) in [7, 11) is 0. The molecule has 1 N–H and O–H groups in total. The standard InChI is InChI=1S/C12H14ClNO2/c13-11-5-1-3-9(7-15)12(11)14-6-2-4-10(14)8-16/h1,3,5,7,10,16H,2,4,6,8H2. The van der Waals surface area contributed by atoms with E-state index in [0.717, 1.165) is 31.4 Å². The molecule has 1 aromatic carbocycles. The van der Waals surface area contributed by atoms with Crippen LogP contribution in [0.25, 0.3) is 0 Å². The van der Waals surface area contributed by atoms with E-state index in [1.807, 2.05) is 4.90 Å². The Hall–Kier alpha value is -1.06. The lowest BCUT2D eigenvalue weighted by Gasteiger charge is -2.27. The van der Waals surface area contributed by atoms with Crippen molar-refractivity contribution in [3.05, 3.63) is 28.8 Å². The Morgan fingerprint density at radius 3 is 3.06 bits per heavy atom. The second-order valence-corrected chi connectivity index (χ2v) is 4.37. The number of aliphatic hydroxyl groups is 1. The molecule has 16 heavy (non-hydrogen) atoms. The Bertz CT molecular complexity index is 395. The van der Waals surface area contributed by atoms with Crippen molar-refractivity contribution >= 4 is 23.6 Å². The second kappa shape index (κ2) is 4.85. The molecule has 0 amide bonds. The number of hydrogen-bond donors (Lipinski definition) is 1. The van der Waals surface area contributed by atoms with Gasteiger partial charge in [-0.05, 0) is 25.0 Å². The maximum absolute atomic E-state index is 11.0. The number of para-hydroxylation sites is 1. The van der Waals surface area contributed by atoms with Gasteiger partial charge in [-0.25, -0.2) is 0 Å². The van der Waals surface area contributed by atoms with Crippen molar-refractivity contribution in [1.29, 1.82) is 0 Å². The minimum Gasteiger partial charge on any atom is -0.394 e. The molecule has 2 rings (SSSR count). The quantitative estimate of drug-likeness (QED) is 0.822. The zero-order valence-corrected chi connectivity index (χ0v) is 9.65. The minimum absolute atomic E-state index is 0.0820. The summed E-state index contributed by atoms with van der Waals surface area (Å²) in [6, 6.07) is 5.37. The van der Waals surface area contributed by atoms with Crippen LogP contribution in [0, 0.1) is 0 Å². The van der Waals surface area contributed by atoms with Gasteiger partial charge in [0, 0.05) is 12.1 Å². The fraction of sp³-hybridized carbons (Fsp3) is 0.417. The van der Waals surface area contributed by atoms with Crippen LogP contribution in [-0.2, 0) is 0 Å². The fourth-order valence-corrected chi connectivity index (χ4v) is 2.54. The zero-order chi connectivity index (χ0) is 11.5. The molecule has 86 valence electrons. The van der Waals surface area contributed by atoms with Crippen molar-refractivity contribution in [3.8, 4) is 0 Å². The van der Waals surface area contributed by atoms with E-state index in [2.05, 4.69) is 0 Å². The lowest BCUT2D eigenvalue weighted by molar-refractivity contribution is 0.112. The highest BCUT2D eigenvalue weighted by molar-refractivity contribution is 6.34. The molecule has 1 unspecified atom stereocenters. The number of anilines is 1. The molecule has 1 atom stereocenters. The van der Waals surface area contributed by atoms with Crippen LogP contribution >= 0.6 is 11.6 Å². The third kappa shape index (κ3) is 1.93. The molecule has 1 fully saturated rings. The first-order chi connectivity index (χ1) is 7.77. The highest BCUT2D eigenvalue weighted by Gasteiger charge is 2.27. The number of aliphatic hydroxyl groups excluding tert-OH is 1. The molecule has 4 heteroatoms. The zero-order valence-electron chi connectivity index (χ0n) is 8.90. The van der Waals surface area contributed by atoms with Crippen LogP contribution in [0.3, 0.4) is 0 Å². The van der Waals surface area contributed by atoms with E-state index >= 15 is 0 Å². The third-order valence-electron chi connectivity index (χ3n) is 3.02. The average molecular weight is 240 g/mol. The van der Waals surface area contributed by atoms with Crippen molar-refractivity contribution in [2.75, 3.05) is 18.1 Å². The molecule has 1 saturated heterocycles. The predicted molar refractivity (Wildman–Crippen MR) is 64.3 cm³/mol. The molecule has 1 aromatic rings. The molecule has 0 saturated carbocycles. The summed E-state index contributed by atoms with van der Waals surface area (Å²) < 4.78 is 0. The summed E-state index contributed by atoms with van der Waals surface area (Å²) in [4.78, 5) is 13.0. The number of carbonyl (C=O) groups excluding carboxylic acids is 1. The number of rotatable bonds is 3. The van der Waals surface area contributed by atoms with Crippen LogP contribution in [0.2, 0.25) is 5.02 Å². The van der Waals surface area contributed by atoms with Crippen LogP contribution in [0.1, 0.15) is 23.2 Å². The first-order valence-electron chi connectivity index (χ1n) is 5.39. The molecule has 0 bridgehead atoms. The molecular formula is C12H14ClNO2. The summed E-state index contributed by atoms with van der Waals surface area (Å²) in [6.07, 6.45) is 2.78. The third-order valence-corrected chi connectivity index (χ3v) is 3.33. The maximum Gasteiger partial charge on any atom is 0.152 e. The number of halogens is 1. The van der Waals surface area contributed by atoms with Crippen LogP contribution in [0.5, 0.6) is 0 Å². The Morgan fingerprint density at radius 2 is 2.38 bits per heavy atom. The lowest BCUT2D eigenvalue weighted by atomic mass is 10.1. The van der Waals surface area contributed by atoms with E-state index in [0.29, 0.717) is 10.6 Å². The topological polar surface area (TPSA) is 40.5 Å². The van der Waals surface area contributed by atoms with E-state index < -0.39 is 0 Å². The van der Waals surface area contributed by atoms with Crippen LogP contribution in [0.4, 0.5) is 5.69 Å². The van der Waals surface area contributed by atoms with Gasteiger partial charge in [0.05, 0.1) is 23.4 Å².